The predicted molar refractivity (Wildman–Crippen MR) is 110 cm³/mol. The lowest BCUT2D eigenvalue weighted by molar-refractivity contribution is 0.679. The van der Waals surface area contributed by atoms with Gasteiger partial charge in [0.2, 0.25) is 11.8 Å². The van der Waals surface area contributed by atoms with Crippen molar-refractivity contribution in [2.75, 3.05) is 10.6 Å². The molecule has 7 heteroatoms. The lowest BCUT2D eigenvalue weighted by Crippen LogP contribution is -2.02. The van der Waals surface area contributed by atoms with Crippen molar-refractivity contribution in [1.29, 1.82) is 10.5 Å². The van der Waals surface area contributed by atoms with E-state index in [0.717, 1.165) is 22.5 Å². The van der Waals surface area contributed by atoms with Crippen LogP contribution in [-0.4, -0.2) is 9.97 Å². The van der Waals surface area contributed by atoms with Crippen LogP contribution in [0.5, 0.6) is 0 Å². The monoisotopic (exact) mass is 384 g/mol. The van der Waals surface area contributed by atoms with Gasteiger partial charge in [-0.2, -0.15) is 19.9 Å². The number of hydrogen-bond donors (Lipinski definition) is 2. The van der Waals surface area contributed by atoms with Gasteiger partial charge < -0.3 is 10.6 Å². The molecule has 3 aromatic rings. The first kappa shape index (κ1) is 19.5. The van der Waals surface area contributed by atoms with E-state index in [1.165, 1.54) is 12.1 Å². The summed E-state index contributed by atoms with van der Waals surface area (Å²) in [7, 11) is 0. The molecule has 142 valence electrons. The van der Waals surface area contributed by atoms with Crippen molar-refractivity contribution in [3.05, 3.63) is 76.7 Å². The molecule has 1 aromatic heterocycles. The maximum atomic E-state index is 13.2. The number of benzene rings is 2. The van der Waals surface area contributed by atoms with Gasteiger partial charge in [0.25, 0.3) is 0 Å². The summed E-state index contributed by atoms with van der Waals surface area (Å²) in [6, 6.07) is 15.9. The molecule has 0 aliphatic heterocycles. The van der Waals surface area contributed by atoms with Crippen LogP contribution in [0, 0.1) is 36.5 Å². The fraction of sp³-hybridized carbons (Fsp3) is 0.0909. The number of aryl methyl sites for hydroxylation is 2. The average molecular weight is 384 g/mol. The maximum absolute atomic E-state index is 13.2. The molecular weight excluding hydrogens is 367 g/mol. The summed E-state index contributed by atoms with van der Waals surface area (Å²) < 4.78 is 13.2. The molecule has 0 bridgehead atoms. The number of nitrogens with one attached hydrogen (secondary N) is 2. The first-order chi connectivity index (χ1) is 14.0. The van der Waals surface area contributed by atoms with Gasteiger partial charge in [0, 0.05) is 17.6 Å². The first-order valence-corrected chi connectivity index (χ1v) is 8.74. The summed E-state index contributed by atoms with van der Waals surface area (Å²) in [6.45, 7) is 3.79. The van der Waals surface area contributed by atoms with Crippen molar-refractivity contribution < 1.29 is 4.39 Å². The minimum absolute atomic E-state index is 0.408. The highest BCUT2D eigenvalue weighted by Crippen LogP contribution is 2.27. The van der Waals surface area contributed by atoms with Crippen LogP contribution < -0.4 is 10.6 Å². The lowest BCUT2D eigenvalue weighted by Gasteiger charge is -2.14. The quantitative estimate of drug-likeness (QED) is 0.580. The fourth-order valence-electron chi connectivity index (χ4n) is 2.83. The molecule has 0 saturated heterocycles. The second-order valence-electron chi connectivity index (χ2n) is 6.34. The van der Waals surface area contributed by atoms with Gasteiger partial charge in [-0.15, -0.1) is 0 Å². The summed E-state index contributed by atoms with van der Waals surface area (Å²) >= 11 is 0. The highest BCUT2D eigenvalue weighted by molar-refractivity contribution is 5.69. The van der Waals surface area contributed by atoms with E-state index in [4.69, 9.17) is 10.5 Å². The van der Waals surface area contributed by atoms with Crippen LogP contribution in [0.2, 0.25) is 0 Å². The minimum atomic E-state index is -0.834. The fourth-order valence-corrected chi connectivity index (χ4v) is 2.83. The standard InChI is InChI=1S/C22H17FN6/c1-14-9-17(11-18(23)13-25)10-15(2)21(14)28-20-7-8-26-22(29-20)27-19-5-3-16(12-24)4-6-19/h3-11H,1-2H3,(H2,26,27,28,29). The molecule has 2 aromatic carbocycles. The highest BCUT2D eigenvalue weighted by Gasteiger charge is 2.08. The molecule has 0 radical (unpaired) electrons. The van der Waals surface area contributed by atoms with Crippen LogP contribution in [0.25, 0.3) is 6.08 Å². The summed E-state index contributed by atoms with van der Waals surface area (Å²) in [5, 5.41) is 23.8. The largest absolute Gasteiger partial charge is 0.340 e. The number of rotatable bonds is 5. The molecule has 0 saturated carbocycles. The van der Waals surface area contributed by atoms with Gasteiger partial charge in [0.15, 0.2) is 0 Å². The summed E-state index contributed by atoms with van der Waals surface area (Å²) in [5.74, 6) is 0.165. The first-order valence-electron chi connectivity index (χ1n) is 8.74. The maximum Gasteiger partial charge on any atom is 0.229 e. The summed E-state index contributed by atoms with van der Waals surface area (Å²) in [6.07, 6.45) is 2.83. The van der Waals surface area contributed by atoms with Crippen molar-refractivity contribution in [3.8, 4) is 12.1 Å². The average Bonchev–Trinajstić information content (AvgIpc) is 2.71. The van der Waals surface area contributed by atoms with Crippen molar-refractivity contribution in [3.63, 3.8) is 0 Å². The van der Waals surface area contributed by atoms with Crippen molar-refractivity contribution >= 4 is 29.2 Å². The predicted octanol–water partition coefficient (Wildman–Crippen LogP) is 5.29. The van der Waals surface area contributed by atoms with E-state index < -0.39 is 5.83 Å². The van der Waals surface area contributed by atoms with Gasteiger partial charge >= 0.3 is 0 Å². The van der Waals surface area contributed by atoms with Gasteiger partial charge in [-0.25, -0.2) is 4.98 Å². The normalized spacial score (nSPS) is 10.7. The van der Waals surface area contributed by atoms with E-state index >= 15 is 0 Å². The van der Waals surface area contributed by atoms with E-state index in [9.17, 15) is 4.39 Å². The van der Waals surface area contributed by atoms with Gasteiger partial charge in [-0.1, -0.05) is 0 Å². The molecule has 0 aliphatic rings. The molecular formula is C22H17FN6. The minimum Gasteiger partial charge on any atom is -0.340 e. The third-order valence-corrected chi connectivity index (χ3v) is 4.13. The molecule has 1 heterocycles. The third kappa shape index (κ3) is 4.94. The Balaban J connectivity index is 1.81. The van der Waals surface area contributed by atoms with Crippen molar-refractivity contribution in [2.24, 2.45) is 0 Å². The summed E-state index contributed by atoms with van der Waals surface area (Å²) in [4.78, 5) is 8.67. The SMILES string of the molecule is Cc1cc(C=C(F)C#N)cc(C)c1Nc1ccnc(Nc2ccc(C#N)cc2)n1. The molecule has 29 heavy (non-hydrogen) atoms. The Hall–Kier alpha value is -4.23. The number of halogens is 1. The van der Waals surface area contributed by atoms with Gasteiger partial charge in [-0.05, 0) is 79.1 Å². The van der Waals surface area contributed by atoms with Gasteiger partial charge in [0.05, 0.1) is 11.6 Å². The zero-order chi connectivity index (χ0) is 20.8. The molecule has 0 spiro atoms. The molecule has 2 N–H and O–H groups in total. The Morgan fingerprint density at radius 2 is 1.72 bits per heavy atom. The second kappa shape index (κ2) is 8.64. The van der Waals surface area contributed by atoms with Crippen LogP contribution in [0.15, 0.2) is 54.5 Å². The molecule has 0 amide bonds. The number of nitrogens with zero attached hydrogens (tertiary/aromatic N) is 4. The summed E-state index contributed by atoms with van der Waals surface area (Å²) in [5.41, 5.74) is 4.59. The Kier molecular flexibility index (Phi) is 5.82. The van der Waals surface area contributed by atoms with Crippen LogP contribution in [0.4, 0.5) is 27.5 Å². The van der Waals surface area contributed by atoms with Crippen LogP contribution in [0.3, 0.4) is 0 Å². The van der Waals surface area contributed by atoms with E-state index in [2.05, 4.69) is 26.7 Å². The van der Waals surface area contributed by atoms with Crippen LogP contribution in [0.1, 0.15) is 22.3 Å². The Bertz CT molecular complexity index is 1130. The molecule has 0 unspecified atom stereocenters. The number of anilines is 4. The smallest absolute Gasteiger partial charge is 0.229 e. The molecule has 3 rings (SSSR count). The Morgan fingerprint density at radius 1 is 1.03 bits per heavy atom. The number of aromatic nitrogens is 2. The van der Waals surface area contributed by atoms with Crippen LogP contribution >= 0.6 is 0 Å². The van der Waals surface area contributed by atoms with Crippen molar-refractivity contribution in [1.82, 2.24) is 9.97 Å². The van der Waals surface area contributed by atoms with Crippen LogP contribution in [-0.2, 0) is 0 Å². The molecule has 0 fully saturated rings. The third-order valence-electron chi connectivity index (χ3n) is 4.13. The highest BCUT2D eigenvalue weighted by atomic mass is 19.1. The lowest BCUT2D eigenvalue weighted by atomic mass is 10.0. The zero-order valence-corrected chi connectivity index (χ0v) is 15.9. The molecule has 6 nitrogen and oxygen atoms in total. The van der Waals surface area contributed by atoms with Gasteiger partial charge in [0.1, 0.15) is 11.9 Å². The van der Waals surface area contributed by atoms with E-state index in [-0.39, 0.29) is 0 Å². The van der Waals surface area contributed by atoms with E-state index in [1.54, 1.807) is 48.7 Å². The Morgan fingerprint density at radius 3 is 2.34 bits per heavy atom. The Labute approximate surface area is 168 Å². The van der Waals surface area contributed by atoms with E-state index in [0.29, 0.717) is 22.9 Å². The molecule has 0 atom stereocenters. The van der Waals surface area contributed by atoms with Crippen molar-refractivity contribution in [2.45, 2.75) is 13.8 Å². The van der Waals surface area contributed by atoms with Gasteiger partial charge in [-0.3, -0.25) is 0 Å². The number of hydrogen-bond acceptors (Lipinski definition) is 6. The number of nitriles is 2. The zero-order valence-electron chi connectivity index (χ0n) is 15.9. The number of allylic oxidation sites excluding steroid dienone is 1. The molecule has 0 aliphatic carbocycles. The topological polar surface area (TPSA) is 97.4 Å². The second-order valence-corrected chi connectivity index (χ2v) is 6.34. The van der Waals surface area contributed by atoms with E-state index in [1.807, 2.05) is 13.8 Å².